The number of methoxy groups -OCH3 is 1. The molecule has 1 atom stereocenters. The zero-order chi connectivity index (χ0) is 11.3. The number of rotatable bonds is 4. The van der Waals surface area contributed by atoms with Crippen molar-refractivity contribution in [1.29, 1.82) is 0 Å². The van der Waals surface area contributed by atoms with E-state index in [9.17, 15) is 4.79 Å². The van der Waals surface area contributed by atoms with Gasteiger partial charge in [-0.25, -0.2) is 0 Å². The number of esters is 1. The highest BCUT2D eigenvalue weighted by Gasteiger charge is 2.14. The smallest absolute Gasteiger partial charge is 0.312 e. The molecule has 0 saturated carbocycles. The number of carbonyl (C=O) groups excluding carboxylic acids is 1. The van der Waals surface area contributed by atoms with Crippen molar-refractivity contribution in [1.82, 2.24) is 0 Å². The molecule has 0 radical (unpaired) electrons. The monoisotopic (exact) mass is 224 g/mol. The summed E-state index contributed by atoms with van der Waals surface area (Å²) in [6.07, 6.45) is 2.07. The van der Waals surface area contributed by atoms with Crippen LogP contribution in [0.1, 0.15) is 24.0 Å². The van der Waals surface area contributed by atoms with Crippen LogP contribution in [-0.2, 0) is 15.3 Å². The van der Waals surface area contributed by atoms with E-state index in [1.165, 1.54) is 12.7 Å². The Labute approximate surface area is 95.0 Å². The van der Waals surface area contributed by atoms with Crippen LogP contribution in [0.4, 0.5) is 0 Å². The molecule has 1 aromatic carbocycles. The van der Waals surface area contributed by atoms with Gasteiger partial charge in [0.1, 0.15) is 0 Å². The summed E-state index contributed by atoms with van der Waals surface area (Å²) < 4.78 is 4.70. The first-order valence-electron chi connectivity index (χ1n) is 4.84. The number of benzene rings is 1. The number of hydrogen-bond acceptors (Lipinski definition) is 3. The Balaban J connectivity index is 2.75. The lowest BCUT2D eigenvalue weighted by Crippen LogP contribution is -2.10. The fourth-order valence-electron chi connectivity index (χ4n) is 1.38. The summed E-state index contributed by atoms with van der Waals surface area (Å²) in [4.78, 5) is 11.3. The van der Waals surface area contributed by atoms with E-state index < -0.39 is 0 Å². The number of thioether (sulfide) groups is 1. The molecule has 0 saturated heterocycles. The summed E-state index contributed by atoms with van der Waals surface area (Å²) >= 11 is 1.79. The predicted octanol–water partition coefficient (Wildman–Crippen LogP) is 2.83. The molecule has 0 fully saturated rings. The van der Waals surface area contributed by atoms with Crippen molar-refractivity contribution >= 4 is 17.7 Å². The fraction of sp³-hybridized carbons (Fsp3) is 0.417. The van der Waals surface area contributed by atoms with Crippen LogP contribution in [0.15, 0.2) is 24.3 Å². The van der Waals surface area contributed by atoms with Crippen molar-refractivity contribution in [2.45, 2.75) is 18.6 Å². The fourth-order valence-corrected chi connectivity index (χ4v) is 1.91. The Morgan fingerprint density at radius 1 is 1.40 bits per heavy atom. The molecule has 0 spiro atoms. The van der Waals surface area contributed by atoms with Gasteiger partial charge in [0.2, 0.25) is 0 Å². The number of carbonyl (C=O) groups is 1. The van der Waals surface area contributed by atoms with Crippen LogP contribution in [0, 0.1) is 0 Å². The molecule has 0 N–H and O–H groups in total. The zero-order valence-corrected chi connectivity index (χ0v) is 10.1. The molecule has 0 aromatic heterocycles. The molecule has 3 heteroatoms. The van der Waals surface area contributed by atoms with E-state index in [1.807, 2.05) is 19.1 Å². The van der Waals surface area contributed by atoms with Crippen molar-refractivity contribution in [2.75, 3.05) is 13.4 Å². The van der Waals surface area contributed by atoms with Crippen molar-refractivity contribution in [3.05, 3.63) is 35.4 Å². The average molecular weight is 224 g/mol. The Hall–Kier alpha value is -0.960. The van der Waals surface area contributed by atoms with Crippen molar-refractivity contribution in [3.63, 3.8) is 0 Å². The maximum atomic E-state index is 11.3. The van der Waals surface area contributed by atoms with E-state index in [0.29, 0.717) is 0 Å². The van der Waals surface area contributed by atoms with E-state index in [1.54, 1.807) is 11.8 Å². The summed E-state index contributed by atoms with van der Waals surface area (Å²) in [5, 5.41) is 0. The molecule has 1 unspecified atom stereocenters. The van der Waals surface area contributed by atoms with Crippen LogP contribution in [-0.4, -0.2) is 19.3 Å². The van der Waals surface area contributed by atoms with E-state index in [4.69, 9.17) is 4.74 Å². The van der Waals surface area contributed by atoms with Crippen LogP contribution < -0.4 is 0 Å². The Morgan fingerprint density at radius 2 is 2.00 bits per heavy atom. The first-order chi connectivity index (χ1) is 7.19. The van der Waals surface area contributed by atoms with Crippen LogP contribution in [0.25, 0.3) is 0 Å². The first kappa shape index (κ1) is 12.1. The summed E-state index contributed by atoms with van der Waals surface area (Å²) in [5.74, 6) is 0.637. The topological polar surface area (TPSA) is 26.3 Å². The quantitative estimate of drug-likeness (QED) is 0.736. The average Bonchev–Trinajstić information content (AvgIpc) is 2.28. The molecular formula is C12H16O2S. The van der Waals surface area contributed by atoms with Gasteiger partial charge >= 0.3 is 5.97 Å². The van der Waals surface area contributed by atoms with Gasteiger partial charge in [0, 0.05) is 5.75 Å². The van der Waals surface area contributed by atoms with E-state index in [0.717, 1.165) is 11.3 Å². The van der Waals surface area contributed by atoms with Gasteiger partial charge in [-0.3, -0.25) is 4.79 Å². The normalized spacial score (nSPS) is 12.2. The van der Waals surface area contributed by atoms with Gasteiger partial charge in [-0.2, -0.15) is 11.8 Å². The third-order valence-corrected chi connectivity index (χ3v) is 2.97. The molecule has 0 aliphatic rings. The van der Waals surface area contributed by atoms with E-state index in [2.05, 4.69) is 18.4 Å². The SMILES string of the molecule is COC(=O)C(C)c1ccc(CSC)cc1. The summed E-state index contributed by atoms with van der Waals surface area (Å²) in [7, 11) is 1.42. The predicted molar refractivity (Wildman–Crippen MR) is 64.1 cm³/mol. The Kier molecular flexibility index (Phi) is 4.69. The van der Waals surface area contributed by atoms with Crippen molar-refractivity contribution in [2.24, 2.45) is 0 Å². The van der Waals surface area contributed by atoms with E-state index >= 15 is 0 Å². The molecule has 1 rings (SSSR count). The van der Waals surface area contributed by atoms with Gasteiger partial charge in [-0.05, 0) is 24.3 Å². The molecule has 0 amide bonds. The van der Waals surface area contributed by atoms with E-state index in [-0.39, 0.29) is 11.9 Å². The molecule has 0 aliphatic carbocycles. The molecule has 0 bridgehead atoms. The molecular weight excluding hydrogens is 208 g/mol. The second-order valence-electron chi connectivity index (χ2n) is 3.42. The van der Waals surface area contributed by atoms with Gasteiger partial charge < -0.3 is 4.74 Å². The van der Waals surface area contributed by atoms with Crippen LogP contribution in [0.3, 0.4) is 0 Å². The minimum Gasteiger partial charge on any atom is -0.469 e. The lowest BCUT2D eigenvalue weighted by Gasteiger charge is -2.09. The van der Waals surface area contributed by atoms with Crippen LogP contribution in [0.5, 0.6) is 0 Å². The Bertz CT molecular complexity index is 319. The number of ether oxygens (including phenoxy) is 1. The van der Waals surface area contributed by atoms with Crippen LogP contribution >= 0.6 is 11.8 Å². The van der Waals surface area contributed by atoms with Crippen LogP contribution in [0.2, 0.25) is 0 Å². The summed E-state index contributed by atoms with van der Waals surface area (Å²) in [5.41, 5.74) is 2.29. The van der Waals surface area contributed by atoms with Crippen molar-refractivity contribution < 1.29 is 9.53 Å². The standard InChI is InChI=1S/C12H16O2S/c1-9(12(13)14-2)11-6-4-10(5-7-11)8-15-3/h4-7,9H,8H2,1-3H3. The summed E-state index contributed by atoms with van der Waals surface area (Å²) in [6.45, 7) is 1.86. The second kappa shape index (κ2) is 5.81. The lowest BCUT2D eigenvalue weighted by atomic mass is 10.0. The molecule has 0 heterocycles. The third kappa shape index (κ3) is 3.27. The first-order valence-corrected chi connectivity index (χ1v) is 6.24. The van der Waals surface area contributed by atoms with Gasteiger partial charge in [0.25, 0.3) is 0 Å². The summed E-state index contributed by atoms with van der Waals surface area (Å²) in [6, 6.07) is 8.11. The third-order valence-electron chi connectivity index (χ3n) is 2.35. The highest BCUT2D eigenvalue weighted by Crippen LogP contribution is 2.18. The van der Waals surface area contributed by atoms with Gasteiger partial charge in [0.15, 0.2) is 0 Å². The van der Waals surface area contributed by atoms with Gasteiger partial charge in [0.05, 0.1) is 13.0 Å². The molecule has 2 nitrogen and oxygen atoms in total. The van der Waals surface area contributed by atoms with Crippen molar-refractivity contribution in [3.8, 4) is 0 Å². The second-order valence-corrected chi connectivity index (χ2v) is 4.29. The highest BCUT2D eigenvalue weighted by molar-refractivity contribution is 7.97. The molecule has 82 valence electrons. The lowest BCUT2D eigenvalue weighted by molar-refractivity contribution is -0.141. The highest BCUT2D eigenvalue weighted by atomic mass is 32.2. The largest absolute Gasteiger partial charge is 0.469 e. The molecule has 0 aliphatic heterocycles. The minimum atomic E-state index is -0.187. The maximum Gasteiger partial charge on any atom is 0.312 e. The van der Waals surface area contributed by atoms with Gasteiger partial charge in [-0.15, -0.1) is 0 Å². The minimum absolute atomic E-state index is 0.182. The zero-order valence-electron chi connectivity index (χ0n) is 9.32. The molecule has 15 heavy (non-hydrogen) atoms. The maximum absolute atomic E-state index is 11.3. The van der Waals surface area contributed by atoms with Gasteiger partial charge in [-0.1, -0.05) is 24.3 Å². The molecule has 1 aromatic rings. The number of hydrogen-bond donors (Lipinski definition) is 0. The Morgan fingerprint density at radius 3 is 2.47 bits per heavy atom.